The van der Waals surface area contributed by atoms with Crippen LogP contribution in [0.4, 0.5) is 13.2 Å². The average molecular weight is 244 g/mol. The molecule has 1 aromatic heterocycles. The standard InChI is InChI=1S/C7H8F3N3O.ClH/c8-7(9,10)4-12-6(14)5-1-2-13(11)3-5;/h1-3H,4,11H2,(H,12,14);1H. The van der Waals surface area contributed by atoms with Crippen molar-refractivity contribution in [3.05, 3.63) is 24.0 Å². The maximum absolute atomic E-state index is 11.7. The molecule has 0 spiro atoms. The minimum Gasteiger partial charge on any atom is -0.343 e. The van der Waals surface area contributed by atoms with E-state index < -0.39 is 18.6 Å². The SMILES string of the molecule is Cl.Nn1ccc(C(=O)NCC(F)(F)F)c1. The van der Waals surface area contributed by atoms with Crippen molar-refractivity contribution in [3.8, 4) is 0 Å². The Morgan fingerprint density at radius 3 is 2.53 bits per heavy atom. The Morgan fingerprint density at radius 1 is 1.53 bits per heavy atom. The van der Waals surface area contributed by atoms with E-state index in [9.17, 15) is 18.0 Å². The molecule has 0 saturated heterocycles. The summed E-state index contributed by atoms with van der Waals surface area (Å²) in [5, 5.41) is 1.72. The van der Waals surface area contributed by atoms with Crippen LogP contribution >= 0.6 is 12.4 Å². The summed E-state index contributed by atoms with van der Waals surface area (Å²) in [6.45, 7) is -1.35. The van der Waals surface area contributed by atoms with Crippen LogP contribution in [0.15, 0.2) is 18.5 Å². The van der Waals surface area contributed by atoms with E-state index in [0.29, 0.717) is 0 Å². The molecule has 0 aliphatic heterocycles. The highest BCUT2D eigenvalue weighted by atomic mass is 35.5. The van der Waals surface area contributed by atoms with E-state index in [2.05, 4.69) is 0 Å². The minimum atomic E-state index is -4.40. The summed E-state index contributed by atoms with van der Waals surface area (Å²) in [7, 11) is 0. The van der Waals surface area contributed by atoms with Gasteiger partial charge in [-0.15, -0.1) is 12.4 Å². The molecule has 0 fully saturated rings. The minimum absolute atomic E-state index is 0. The molecule has 15 heavy (non-hydrogen) atoms. The lowest BCUT2D eigenvalue weighted by molar-refractivity contribution is -0.123. The van der Waals surface area contributed by atoms with Gasteiger partial charge in [0.2, 0.25) is 0 Å². The lowest BCUT2D eigenvalue weighted by atomic mass is 10.3. The number of nitrogens with one attached hydrogen (secondary N) is 1. The number of rotatable bonds is 2. The summed E-state index contributed by atoms with van der Waals surface area (Å²) in [6, 6.07) is 1.33. The first-order chi connectivity index (χ1) is 6.38. The number of aromatic nitrogens is 1. The summed E-state index contributed by atoms with van der Waals surface area (Å²) in [5.74, 6) is 4.41. The zero-order chi connectivity index (χ0) is 10.8. The molecule has 0 radical (unpaired) electrons. The Labute approximate surface area is 89.6 Å². The molecule has 1 heterocycles. The van der Waals surface area contributed by atoms with Crippen LogP contribution in [-0.2, 0) is 0 Å². The second-order valence-electron chi connectivity index (χ2n) is 2.65. The van der Waals surface area contributed by atoms with E-state index in [4.69, 9.17) is 5.84 Å². The molecule has 0 aromatic carbocycles. The lowest BCUT2D eigenvalue weighted by Gasteiger charge is -2.06. The second-order valence-corrected chi connectivity index (χ2v) is 2.65. The average Bonchev–Trinajstić information content (AvgIpc) is 2.46. The molecule has 1 amide bonds. The first-order valence-electron chi connectivity index (χ1n) is 3.66. The normalized spacial score (nSPS) is 10.6. The third-order valence-electron chi connectivity index (χ3n) is 1.43. The summed E-state index contributed by atoms with van der Waals surface area (Å²) in [6.07, 6.45) is -1.81. The number of hydrogen-bond donors (Lipinski definition) is 2. The van der Waals surface area contributed by atoms with E-state index >= 15 is 0 Å². The summed E-state index contributed by atoms with van der Waals surface area (Å²) < 4.78 is 36.2. The fraction of sp³-hybridized carbons (Fsp3) is 0.286. The number of alkyl halides is 3. The second kappa shape index (κ2) is 4.92. The van der Waals surface area contributed by atoms with Gasteiger partial charge in [0.1, 0.15) is 6.54 Å². The van der Waals surface area contributed by atoms with Crippen LogP contribution in [0.5, 0.6) is 0 Å². The number of nitrogen functional groups attached to an aromatic ring is 1. The molecule has 0 saturated carbocycles. The lowest BCUT2D eigenvalue weighted by Crippen LogP contribution is -2.33. The highest BCUT2D eigenvalue weighted by Gasteiger charge is 2.27. The highest BCUT2D eigenvalue weighted by Crippen LogP contribution is 2.12. The number of amides is 1. The van der Waals surface area contributed by atoms with Gasteiger partial charge in [0.15, 0.2) is 0 Å². The molecule has 8 heteroatoms. The Kier molecular flexibility index (Phi) is 4.47. The molecule has 4 nitrogen and oxygen atoms in total. The van der Waals surface area contributed by atoms with Crippen LogP contribution < -0.4 is 11.2 Å². The van der Waals surface area contributed by atoms with Crippen LogP contribution in [0.3, 0.4) is 0 Å². The number of carbonyl (C=O) groups excluding carboxylic acids is 1. The van der Waals surface area contributed by atoms with Crippen molar-refractivity contribution in [1.29, 1.82) is 0 Å². The van der Waals surface area contributed by atoms with Crippen LogP contribution in [0, 0.1) is 0 Å². The third-order valence-corrected chi connectivity index (χ3v) is 1.43. The van der Waals surface area contributed by atoms with Gasteiger partial charge < -0.3 is 11.2 Å². The van der Waals surface area contributed by atoms with Gasteiger partial charge in [-0.1, -0.05) is 0 Å². The van der Waals surface area contributed by atoms with E-state index in [0.717, 1.165) is 4.68 Å². The number of nitrogens with two attached hydrogens (primary N) is 1. The molecule has 1 rings (SSSR count). The number of carbonyl (C=O) groups is 1. The van der Waals surface area contributed by atoms with Crippen LogP contribution in [-0.4, -0.2) is 23.3 Å². The van der Waals surface area contributed by atoms with Crippen LogP contribution in [0.1, 0.15) is 10.4 Å². The fourth-order valence-electron chi connectivity index (χ4n) is 0.830. The molecule has 0 atom stereocenters. The fourth-order valence-corrected chi connectivity index (χ4v) is 0.830. The molecule has 0 aliphatic rings. The Balaban J connectivity index is 0.00000196. The number of nitrogens with zero attached hydrogens (tertiary/aromatic N) is 1. The summed E-state index contributed by atoms with van der Waals surface area (Å²) in [5.41, 5.74) is 0.0942. The number of hydrogen-bond acceptors (Lipinski definition) is 2. The van der Waals surface area contributed by atoms with Crippen molar-refractivity contribution < 1.29 is 18.0 Å². The molecule has 3 N–H and O–H groups in total. The molecule has 0 aliphatic carbocycles. The van der Waals surface area contributed by atoms with Gasteiger partial charge in [0, 0.05) is 12.4 Å². The third kappa shape index (κ3) is 4.59. The molecule has 86 valence electrons. The monoisotopic (exact) mass is 243 g/mol. The van der Waals surface area contributed by atoms with E-state index in [1.54, 1.807) is 5.32 Å². The Morgan fingerprint density at radius 2 is 2.13 bits per heavy atom. The molecule has 0 unspecified atom stereocenters. The first-order valence-corrected chi connectivity index (χ1v) is 3.66. The topological polar surface area (TPSA) is 60.0 Å². The molecule has 1 aromatic rings. The smallest absolute Gasteiger partial charge is 0.343 e. The van der Waals surface area contributed by atoms with Gasteiger partial charge in [-0.25, -0.2) is 0 Å². The van der Waals surface area contributed by atoms with E-state index in [1.165, 1.54) is 18.5 Å². The van der Waals surface area contributed by atoms with Gasteiger partial charge in [-0.3, -0.25) is 9.47 Å². The largest absolute Gasteiger partial charge is 0.405 e. The van der Waals surface area contributed by atoms with E-state index in [1.807, 2.05) is 0 Å². The van der Waals surface area contributed by atoms with Gasteiger partial charge in [0.25, 0.3) is 5.91 Å². The van der Waals surface area contributed by atoms with Gasteiger partial charge in [-0.2, -0.15) is 13.2 Å². The van der Waals surface area contributed by atoms with Crippen LogP contribution in [0.2, 0.25) is 0 Å². The van der Waals surface area contributed by atoms with Crippen molar-refractivity contribution in [2.24, 2.45) is 0 Å². The van der Waals surface area contributed by atoms with Crippen molar-refractivity contribution >= 4 is 18.3 Å². The molecular weight excluding hydrogens is 235 g/mol. The van der Waals surface area contributed by atoms with Crippen molar-refractivity contribution in [2.45, 2.75) is 6.18 Å². The Bertz CT molecular complexity index is 336. The highest BCUT2D eigenvalue weighted by molar-refractivity contribution is 5.94. The first kappa shape index (κ1) is 13.6. The summed E-state index contributed by atoms with van der Waals surface area (Å²) >= 11 is 0. The molecule has 0 bridgehead atoms. The van der Waals surface area contributed by atoms with Crippen molar-refractivity contribution in [2.75, 3.05) is 12.4 Å². The zero-order valence-corrected chi connectivity index (χ0v) is 8.23. The quantitative estimate of drug-likeness (QED) is 0.759. The Hall–Kier alpha value is -1.37. The van der Waals surface area contributed by atoms with Gasteiger partial charge in [0.05, 0.1) is 5.56 Å². The maximum atomic E-state index is 11.7. The molecular formula is C7H9ClF3N3O. The predicted octanol–water partition coefficient (Wildman–Crippen LogP) is 0.916. The number of halogens is 4. The van der Waals surface area contributed by atoms with Crippen LogP contribution in [0.25, 0.3) is 0 Å². The maximum Gasteiger partial charge on any atom is 0.405 e. The van der Waals surface area contributed by atoms with Gasteiger partial charge in [-0.05, 0) is 6.07 Å². The summed E-state index contributed by atoms with van der Waals surface area (Å²) in [4.78, 5) is 11.0. The zero-order valence-electron chi connectivity index (χ0n) is 7.41. The van der Waals surface area contributed by atoms with Crippen molar-refractivity contribution in [1.82, 2.24) is 9.99 Å². The van der Waals surface area contributed by atoms with Crippen molar-refractivity contribution in [3.63, 3.8) is 0 Å². The van der Waals surface area contributed by atoms with Gasteiger partial charge >= 0.3 is 6.18 Å². The predicted molar refractivity (Wildman–Crippen MR) is 50.2 cm³/mol. The van der Waals surface area contributed by atoms with E-state index in [-0.39, 0.29) is 18.0 Å².